The number of hydrogen-bond donors (Lipinski definition) is 1. The Kier molecular flexibility index (Phi) is 3.72. The molecule has 2 saturated heterocycles. The van der Waals surface area contributed by atoms with E-state index in [1.54, 1.807) is 0 Å². The minimum atomic E-state index is -0.766. The van der Waals surface area contributed by atoms with Crippen molar-refractivity contribution in [2.45, 2.75) is 38.4 Å². The van der Waals surface area contributed by atoms with E-state index in [0.717, 1.165) is 23.1 Å². The number of aromatic nitrogens is 1. The Balaban J connectivity index is 1.51. The van der Waals surface area contributed by atoms with Gasteiger partial charge in [0.25, 0.3) is 5.91 Å². The number of amides is 3. The molecule has 0 saturated carbocycles. The highest BCUT2D eigenvalue weighted by atomic mass is 16.2. The average molecular weight is 338 g/mol. The maximum atomic E-state index is 12.8. The summed E-state index contributed by atoms with van der Waals surface area (Å²) in [7, 11) is 0. The van der Waals surface area contributed by atoms with Crippen molar-refractivity contribution >= 4 is 22.8 Å². The van der Waals surface area contributed by atoms with E-state index < -0.39 is 5.54 Å². The van der Waals surface area contributed by atoms with Gasteiger partial charge in [-0.2, -0.15) is 0 Å². The van der Waals surface area contributed by atoms with Crippen LogP contribution in [0.2, 0.25) is 0 Å². The molecule has 2 aliphatic heterocycles. The van der Waals surface area contributed by atoms with Crippen LogP contribution in [0.15, 0.2) is 36.4 Å². The molecule has 1 N–H and O–H groups in total. The van der Waals surface area contributed by atoms with E-state index in [1.807, 2.05) is 44.2 Å². The largest absolute Gasteiger partial charge is 0.325 e. The minimum Gasteiger partial charge on any atom is -0.322 e. The lowest BCUT2D eigenvalue weighted by atomic mass is 9.98. The zero-order valence-electron chi connectivity index (χ0n) is 14.5. The van der Waals surface area contributed by atoms with Gasteiger partial charge in [0.05, 0.1) is 11.2 Å². The molecule has 0 bridgehead atoms. The summed E-state index contributed by atoms with van der Waals surface area (Å²) < 4.78 is 0. The van der Waals surface area contributed by atoms with E-state index in [9.17, 15) is 9.59 Å². The Morgan fingerprint density at radius 2 is 2.00 bits per heavy atom. The molecule has 0 aliphatic carbocycles. The van der Waals surface area contributed by atoms with Crippen molar-refractivity contribution in [2.75, 3.05) is 13.1 Å². The Morgan fingerprint density at radius 3 is 2.76 bits per heavy atom. The van der Waals surface area contributed by atoms with Crippen molar-refractivity contribution in [1.29, 1.82) is 0 Å². The summed E-state index contributed by atoms with van der Waals surface area (Å²) in [6, 6.07) is 11.7. The van der Waals surface area contributed by atoms with Crippen LogP contribution in [-0.2, 0) is 11.3 Å². The summed E-state index contributed by atoms with van der Waals surface area (Å²) in [5, 5.41) is 4.05. The number of pyridine rings is 1. The molecule has 6 nitrogen and oxygen atoms in total. The molecule has 130 valence electrons. The predicted octanol–water partition coefficient (Wildman–Crippen LogP) is 2.14. The summed E-state index contributed by atoms with van der Waals surface area (Å²) in [5.74, 6) is -0.0959. The standard InChI is InChI=1S/C19H22N4O2/c1-13(2)23-17(24)19(21-18(23)25)9-10-22(12-19)11-15-8-7-14-5-3-4-6-16(14)20-15/h3-8,13H,9-12H2,1-2H3,(H,21,25)/t19-/m1/s1. The van der Waals surface area contributed by atoms with Gasteiger partial charge < -0.3 is 5.32 Å². The Morgan fingerprint density at radius 1 is 1.20 bits per heavy atom. The molecule has 2 aromatic rings. The van der Waals surface area contributed by atoms with Crippen molar-refractivity contribution in [3.63, 3.8) is 0 Å². The molecular formula is C19H22N4O2. The average Bonchev–Trinajstić information content (AvgIpc) is 3.08. The topological polar surface area (TPSA) is 65.5 Å². The number of para-hydroxylation sites is 1. The number of urea groups is 1. The predicted molar refractivity (Wildman–Crippen MR) is 94.9 cm³/mol. The fourth-order valence-electron chi connectivity index (χ4n) is 3.84. The molecule has 2 fully saturated rings. The van der Waals surface area contributed by atoms with E-state index in [4.69, 9.17) is 4.98 Å². The Labute approximate surface area is 146 Å². The van der Waals surface area contributed by atoms with Crippen molar-refractivity contribution in [3.05, 3.63) is 42.1 Å². The molecule has 2 aliphatic rings. The lowest BCUT2D eigenvalue weighted by Gasteiger charge is -2.23. The lowest BCUT2D eigenvalue weighted by molar-refractivity contribution is -0.132. The van der Waals surface area contributed by atoms with E-state index >= 15 is 0 Å². The first-order chi connectivity index (χ1) is 12.0. The molecule has 4 rings (SSSR count). The van der Waals surface area contributed by atoms with E-state index in [0.29, 0.717) is 19.5 Å². The number of nitrogens with zero attached hydrogens (tertiary/aromatic N) is 3. The molecule has 6 heteroatoms. The molecule has 3 heterocycles. The minimum absolute atomic E-state index is 0.0959. The number of likely N-dealkylation sites (tertiary alicyclic amines) is 1. The number of carbonyl (C=O) groups is 2. The number of hydrogen-bond acceptors (Lipinski definition) is 4. The van der Waals surface area contributed by atoms with Crippen LogP contribution in [0.1, 0.15) is 26.0 Å². The van der Waals surface area contributed by atoms with E-state index in [-0.39, 0.29) is 18.0 Å². The van der Waals surface area contributed by atoms with Gasteiger partial charge in [-0.25, -0.2) is 4.79 Å². The van der Waals surface area contributed by atoms with Gasteiger partial charge in [-0.3, -0.25) is 19.6 Å². The fraction of sp³-hybridized carbons (Fsp3) is 0.421. The second-order valence-corrected chi connectivity index (χ2v) is 7.24. The number of rotatable bonds is 3. The maximum Gasteiger partial charge on any atom is 0.325 e. The van der Waals surface area contributed by atoms with Gasteiger partial charge in [0.2, 0.25) is 0 Å². The number of benzene rings is 1. The highest BCUT2D eigenvalue weighted by molar-refractivity contribution is 6.07. The van der Waals surface area contributed by atoms with Gasteiger partial charge >= 0.3 is 6.03 Å². The Bertz CT molecular complexity index is 850. The summed E-state index contributed by atoms with van der Waals surface area (Å²) >= 11 is 0. The third-order valence-corrected chi connectivity index (χ3v) is 5.10. The van der Waals surface area contributed by atoms with Crippen molar-refractivity contribution in [3.8, 4) is 0 Å². The van der Waals surface area contributed by atoms with Crippen LogP contribution < -0.4 is 5.32 Å². The first-order valence-electron chi connectivity index (χ1n) is 8.71. The van der Waals surface area contributed by atoms with Crippen LogP contribution in [0, 0.1) is 0 Å². The van der Waals surface area contributed by atoms with Crippen molar-refractivity contribution < 1.29 is 9.59 Å². The van der Waals surface area contributed by atoms with E-state index in [1.165, 1.54) is 4.90 Å². The van der Waals surface area contributed by atoms with Crippen molar-refractivity contribution in [1.82, 2.24) is 20.1 Å². The van der Waals surface area contributed by atoms with Crippen molar-refractivity contribution in [2.24, 2.45) is 0 Å². The maximum absolute atomic E-state index is 12.8. The lowest BCUT2D eigenvalue weighted by Crippen LogP contribution is -2.49. The zero-order chi connectivity index (χ0) is 17.6. The van der Waals surface area contributed by atoms with E-state index in [2.05, 4.69) is 16.3 Å². The number of imide groups is 1. The summed E-state index contributed by atoms with van der Waals surface area (Å²) in [4.78, 5) is 33.2. The summed E-state index contributed by atoms with van der Waals surface area (Å²) in [6.45, 7) is 5.71. The molecule has 25 heavy (non-hydrogen) atoms. The SMILES string of the molecule is CC(C)N1C(=O)N[C@@]2(CCN(Cc3ccc4ccccc4n3)C2)C1=O. The van der Waals surface area contributed by atoms with Crippen LogP contribution in [0.3, 0.4) is 0 Å². The number of carbonyl (C=O) groups excluding carboxylic acids is 2. The molecule has 1 aromatic carbocycles. The smallest absolute Gasteiger partial charge is 0.322 e. The monoisotopic (exact) mass is 338 g/mol. The first-order valence-corrected chi connectivity index (χ1v) is 8.71. The first kappa shape index (κ1) is 16.0. The zero-order valence-corrected chi connectivity index (χ0v) is 14.5. The summed E-state index contributed by atoms with van der Waals surface area (Å²) in [6.07, 6.45) is 0.647. The highest BCUT2D eigenvalue weighted by Gasteiger charge is 2.55. The van der Waals surface area contributed by atoms with Crippen LogP contribution >= 0.6 is 0 Å². The summed E-state index contributed by atoms with van der Waals surface area (Å²) in [5.41, 5.74) is 1.19. The molecular weight excluding hydrogens is 316 g/mol. The third-order valence-electron chi connectivity index (χ3n) is 5.10. The van der Waals surface area contributed by atoms with Crippen LogP contribution in [0.4, 0.5) is 4.79 Å². The van der Waals surface area contributed by atoms with Crippen LogP contribution in [0.5, 0.6) is 0 Å². The fourth-order valence-corrected chi connectivity index (χ4v) is 3.84. The highest BCUT2D eigenvalue weighted by Crippen LogP contribution is 2.30. The molecule has 1 spiro atoms. The molecule has 0 unspecified atom stereocenters. The molecule has 0 radical (unpaired) electrons. The number of fused-ring (bicyclic) bond motifs is 1. The Hall–Kier alpha value is -2.47. The quantitative estimate of drug-likeness (QED) is 0.871. The molecule has 3 amide bonds. The van der Waals surface area contributed by atoms with Crippen LogP contribution in [-0.4, -0.2) is 51.4 Å². The number of nitrogens with one attached hydrogen (secondary N) is 1. The van der Waals surface area contributed by atoms with Crippen LogP contribution in [0.25, 0.3) is 10.9 Å². The van der Waals surface area contributed by atoms with Gasteiger partial charge in [0.15, 0.2) is 0 Å². The molecule has 1 atom stereocenters. The second-order valence-electron chi connectivity index (χ2n) is 7.24. The van der Waals surface area contributed by atoms with Gasteiger partial charge in [-0.05, 0) is 32.4 Å². The van der Waals surface area contributed by atoms with Gasteiger partial charge in [-0.15, -0.1) is 0 Å². The molecule has 1 aromatic heterocycles. The van der Waals surface area contributed by atoms with Gasteiger partial charge in [0, 0.05) is 31.1 Å². The third kappa shape index (κ3) is 2.66. The second kappa shape index (κ2) is 5.81. The normalized spacial score (nSPS) is 24.0. The van der Waals surface area contributed by atoms with Gasteiger partial charge in [-0.1, -0.05) is 24.3 Å². The van der Waals surface area contributed by atoms with Gasteiger partial charge in [0.1, 0.15) is 5.54 Å².